The topological polar surface area (TPSA) is 62.2 Å². The van der Waals surface area contributed by atoms with Gasteiger partial charge in [0.2, 0.25) is 0 Å². The first-order valence-corrected chi connectivity index (χ1v) is 11.5. The first-order valence-electron chi connectivity index (χ1n) is 10.5. The van der Waals surface area contributed by atoms with Gasteiger partial charge in [-0.2, -0.15) is 13.2 Å². The van der Waals surface area contributed by atoms with Crippen molar-refractivity contribution in [2.75, 3.05) is 17.3 Å². The summed E-state index contributed by atoms with van der Waals surface area (Å²) in [5, 5.41) is 0.00176. The average Bonchev–Trinajstić information content (AvgIpc) is 2.73. The van der Waals surface area contributed by atoms with Crippen LogP contribution in [-0.4, -0.2) is 46.3 Å². The van der Waals surface area contributed by atoms with Crippen LogP contribution in [-0.2, 0) is 11.3 Å². The van der Waals surface area contributed by atoms with Crippen molar-refractivity contribution in [1.82, 2.24) is 4.90 Å². The molecule has 0 spiro atoms. The molecule has 1 aliphatic rings. The number of carbonyl (C=O) groups excluding carboxylic acids is 2. The minimum atomic E-state index is -4.48. The lowest BCUT2D eigenvalue weighted by molar-refractivity contribution is -0.118. The van der Waals surface area contributed by atoms with Gasteiger partial charge < -0.3 is 4.74 Å². The van der Waals surface area contributed by atoms with Crippen LogP contribution in [0, 0.1) is 6.92 Å². The van der Waals surface area contributed by atoms with E-state index in [0.29, 0.717) is 16.8 Å². The van der Waals surface area contributed by atoms with Crippen LogP contribution in [0.1, 0.15) is 42.3 Å². The Morgan fingerprint density at radius 1 is 1.06 bits per heavy atom. The maximum Gasteiger partial charge on any atom is 0.408 e. The largest absolute Gasteiger partial charge is 0.456 e. The molecule has 182 valence electrons. The van der Waals surface area contributed by atoms with Gasteiger partial charge in [0.05, 0.1) is 18.0 Å². The highest BCUT2D eigenvalue weighted by molar-refractivity contribution is 8.14. The first kappa shape index (κ1) is 25.6. The molecule has 1 fully saturated rings. The average molecular weight is 494 g/mol. The summed E-state index contributed by atoms with van der Waals surface area (Å²) in [6.45, 7) is 5.84. The highest BCUT2D eigenvalue weighted by Crippen LogP contribution is 2.29. The molecule has 0 radical (unpaired) electrons. The van der Waals surface area contributed by atoms with Crippen LogP contribution in [0.25, 0.3) is 0 Å². The van der Waals surface area contributed by atoms with E-state index in [1.165, 1.54) is 9.80 Å². The number of esters is 1. The standard InChI is InChI=1S/C24H26F3N3O3S/c1-16-5-11-19(12-6-16)30-15-34-21(28-14-24(25,26)27)29(22(30)32)13-17-7-9-18(10-8-17)20(31)33-23(2,3)4/h5-12H,13-15H2,1-4H3. The van der Waals surface area contributed by atoms with Crippen LogP contribution < -0.4 is 4.90 Å². The fourth-order valence-electron chi connectivity index (χ4n) is 3.08. The molecule has 1 saturated heterocycles. The Morgan fingerprint density at radius 2 is 1.68 bits per heavy atom. The van der Waals surface area contributed by atoms with Crippen LogP contribution in [0.2, 0.25) is 0 Å². The third kappa shape index (κ3) is 6.99. The molecule has 2 aromatic carbocycles. The maximum atomic E-state index is 13.3. The van der Waals surface area contributed by atoms with Gasteiger partial charge in [0.15, 0.2) is 5.17 Å². The normalized spacial score (nSPS) is 16.2. The Balaban J connectivity index is 1.84. The maximum absolute atomic E-state index is 13.3. The zero-order valence-corrected chi connectivity index (χ0v) is 20.2. The Hall–Kier alpha value is -3.01. The van der Waals surface area contributed by atoms with Gasteiger partial charge >= 0.3 is 18.2 Å². The molecule has 2 amide bonds. The molecule has 0 N–H and O–H groups in total. The number of aliphatic imine (C=N–C) groups is 1. The van der Waals surface area contributed by atoms with E-state index in [9.17, 15) is 22.8 Å². The number of carbonyl (C=O) groups is 2. The molecule has 1 aliphatic heterocycles. The van der Waals surface area contributed by atoms with Crippen molar-refractivity contribution >= 4 is 34.6 Å². The monoisotopic (exact) mass is 493 g/mol. The number of amidine groups is 1. The van der Waals surface area contributed by atoms with Gasteiger partial charge in [-0.05, 0) is 57.5 Å². The van der Waals surface area contributed by atoms with Crippen molar-refractivity contribution in [2.24, 2.45) is 4.99 Å². The zero-order chi connectivity index (χ0) is 25.1. The van der Waals surface area contributed by atoms with E-state index in [1.807, 2.05) is 19.1 Å². The molecule has 0 bridgehead atoms. The molecule has 0 atom stereocenters. The fourth-order valence-corrected chi connectivity index (χ4v) is 4.04. The number of anilines is 1. The van der Waals surface area contributed by atoms with Gasteiger partial charge in [-0.15, -0.1) is 0 Å². The third-order valence-electron chi connectivity index (χ3n) is 4.68. The third-order valence-corrected chi connectivity index (χ3v) is 5.68. The van der Waals surface area contributed by atoms with Crippen molar-refractivity contribution in [3.63, 3.8) is 0 Å². The quantitative estimate of drug-likeness (QED) is 0.479. The van der Waals surface area contributed by atoms with Crippen molar-refractivity contribution < 1.29 is 27.5 Å². The second-order valence-electron chi connectivity index (χ2n) is 8.82. The first-order chi connectivity index (χ1) is 15.8. The van der Waals surface area contributed by atoms with Crippen LogP contribution in [0.3, 0.4) is 0 Å². The molecule has 0 unspecified atom stereocenters. The van der Waals surface area contributed by atoms with E-state index in [2.05, 4.69) is 4.99 Å². The smallest absolute Gasteiger partial charge is 0.408 e. The molecule has 10 heteroatoms. The summed E-state index contributed by atoms with van der Waals surface area (Å²) < 4.78 is 43.8. The second kappa shape index (κ2) is 10.1. The van der Waals surface area contributed by atoms with Crippen molar-refractivity contribution in [3.05, 3.63) is 65.2 Å². The van der Waals surface area contributed by atoms with Crippen molar-refractivity contribution in [3.8, 4) is 0 Å². The van der Waals surface area contributed by atoms with E-state index < -0.39 is 30.3 Å². The molecule has 3 rings (SSSR count). The SMILES string of the molecule is Cc1ccc(N2CSC(=NCC(F)(F)F)N(Cc3ccc(C(=O)OC(C)(C)C)cc3)C2=O)cc1. The van der Waals surface area contributed by atoms with Gasteiger partial charge in [0.1, 0.15) is 12.1 Å². The summed E-state index contributed by atoms with van der Waals surface area (Å²) in [4.78, 5) is 31.9. The van der Waals surface area contributed by atoms with E-state index in [0.717, 1.165) is 17.3 Å². The van der Waals surface area contributed by atoms with Gasteiger partial charge in [0, 0.05) is 5.69 Å². The van der Waals surface area contributed by atoms with Crippen molar-refractivity contribution in [2.45, 2.75) is 46.0 Å². The number of rotatable bonds is 5. The number of amides is 2. The molecule has 34 heavy (non-hydrogen) atoms. The molecule has 0 saturated carbocycles. The lowest BCUT2D eigenvalue weighted by Gasteiger charge is -2.36. The number of aryl methyl sites for hydroxylation is 1. The Kier molecular flexibility index (Phi) is 7.60. The Labute approximate surface area is 200 Å². The van der Waals surface area contributed by atoms with Gasteiger partial charge in [0.25, 0.3) is 0 Å². The summed E-state index contributed by atoms with van der Waals surface area (Å²) in [5.74, 6) is -0.339. The molecule has 0 aliphatic carbocycles. The minimum absolute atomic E-state index is 0.000512. The summed E-state index contributed by atoms with van der Waals surface area (Å²) in [6.07, 6.45) is -4.48. The number of thioether (sulfide) groups is 1. The van der Waals surface area contributed by atoms with E-state index in [-0.39, 0.29) is 17.6 Å². The van der Waals surface area contributed by atoms with Crippen molar-refractivity contribution in [1.29, 1.82) is 0 Å². The molecular weight excluding hydrogens is 467 g/mol. The summed E-state index contributed by atoms with van der Waals surface area (Å²) in [7, 11) is 0. The number of hydrogen-bond acceptors (Lipinski definition) is 5. The highest BCUT2D eigenvalue weighted by atomic mass is 32.2. The molecular formula is C24H26F3N3O3S. The Morgan fingerprint density at radius 3 is 2.24 bits per heavy atom. The predicted octanol–water partition coefficient (Wildman–Crippen LogP) is 6.00. The second-order valence-corrected chi connectivity index (χ2v) is 9.73. The van der Waals surface area contributed by atoms with Gasteiger partial charge in [-0.25, -0.2) is 9.59 Å². The summed E-state index contributed by atoms with van der Waals surface area (Å²) in [6, 6.07) is 13.2. The van der Waals surface area contributed by atoms with E-state index in [4.69, 9.17) is 4.74 Å². The highest BCUT2D eigenvalue weighted by Gasteiger charge is 2.34. The number of alkyl halides is 3. The lowest BCUT2D eigenvalue weighted by atomic mass is 10.1. The summed E-state index contributed by atoms with van der Waals surface area (Å²) in [5.41, 5.74) is 1.99. The fraction of sp³-hybridized carbons (Fsp3) is 0.375. The predicted molar refractivity (Wildman–Crippen MR) is 127 cm³/mol. The van der Waals surface area contributed by atoms with Crippen LogP contribution in [0.4, 0.5) is 23.7 Å². The number of ether oxygens (including phenoxy) is 1. The van der Waals surface area contributed by atoms with Crippen LogP contribution in [0.15, 0.2) is 53.5 Å². The van der Waals surface area contributed by atoms with E-state index in [1.54, 1.807) is 57.2 Å². The number of nitrogens with zero attached hydrogens (tertiary/aromatic N) is 3. The van der Waals surface area contributed by atoms with Gasteiger partial charge in [-0.3, -0.25) is 14.8 Å². The minimum Gasteiger partial charge on any atom is -0.456 e. The Bertz CT molecular complexity index is 1060. The van der Waals surface area contributed by atoms with Crippen LogP contribution in [0.5, 0.6) is 0 Å². The number of urea groups is 1. The van der Waals surface area contributed by atoms with Crippen LogP contribution >= 0.6 is 11.8 Å². The van der Waals surface area contributed by atoms with E-state index >= 15 is 0 Å². The number of halogens is 3. The zero-order valence-electron chi connectivity index (χ0n) is 19.3. The van der Waals surface area contributed by atoms with Gasteiger partial charge in [-0.1, -0.05) is 41.6 Å². The summed E-state index contributed by atoms with van der Waals surface area (Å²) >= 11 is 1.06. The molecule has 6 nitrogen and oxygen atoms in total. The lowest BCUT2D eigenvalue weighted by Crippen LogP contribution is -2.50. The molecule has 1 heterocycles. The number of benzene rings is 2. The molecule has 2 aromatic rings. The molecule has 0 aromatic heterocycles. The number of hydrogen-bond donors (Lipinski definition) is 0.